The van der Waals surface area contributed by atoms with Crippen LogP contribution in [0.4, 0.5) is 0 Å². The largest absolute Gasteiger partial charge is 0.317 e. The quantitative estimate of drug-likeness (QED) is 0.822. The van der Waals surface area contributed by atoms with Crippen molar-refractivity contribution in [2.45, 2.75) is 32.7 Å². The maximum absolute atomic E-state index is 11.7. The van der Waals surface area contributed by atoms with Gasteiger partial charge in [0.1, 0.15) is 0 Å². The molecule has 1 saturated heterocycles. The van der Waals surface area contributed by atoms with E-state index in [-0.39, 0.29) is 5.56 Å². The Bertz CT molecular complexity index is 437. The van der Waals surface area contributed by atoms with Crippen LogP contribution in [0.2, 0.25) is 0 Å². The zero-order chi connectivity index (χ0) is 14.2. The molecule has 0 saturated carbocycles. The lowest BCUT2D eigenvalue weighted by Gasteiger charge is -2.30. The zero-order valence-electron chi connectivity index (χ0n) is 12.6. The lowest BCUT2D eigenvalue weighted by Crippen LogP contribution is -2.38. The van der Waals surface area contributed by atoms with Crippen molar-refractivity contribution in [3.63, 3.8) is 0 Å². The number of hydrogen-bond donors (Lipinski definition) is 1. The monoisotopic (exact) mass is 277 g/mol. The van der Waals surface area contributed by atoms with Crippen molar-refractivity contribution in [3.8, 4) is 0 Å². The molecule has 112 valence electrons. The van der Waals surface area contributed by atoms with Gasteiger partial charge in [-0.05, 0) is 50.9 Å². The van der Waals surface area contributed by atoms with Crippen molar-refractivity contribution < 1.29 is 0 Å². The van der Waals surface area contributed by atoms with Crippen LogP contribution in [0, 0.1) is 5.92 Å². The van der Waals surface area contributed by atoms with Gasteiger partial charge >= 0.3 is 0 Å². The molecule has 4 nitrogen and oxygen atoms in total. The molecule has 0 aromatic carbocycles. The molecule has 0 bridgehead atoms. The van der Waals surface area contributed by atoms with Crippen LogP contribution in [0.15, 0.2) is 29.2 Å². The molecule has 1 aliphatic heterocycles. The van der Waals surface area contributed by atoms with E-state index in [1.165, 1.54) is 25.8 Å². The third-order valence-corrected chi connectivity index (χ3v) is 4.07. The molecule has 1 fully saturated rings. The molecule has 1 aromatic rings. The van der Waals surface area contributed by atoms with Gasteiger partial charge in [0.05, 0.1) is 0 Å². The van der Waals surface area contributed by atoms with Crippen LogP contribution in [0.1, 0.15) is 26.2 Å². The summed E-state index contributed by atoms with van der Waals surface area (Å²) in [5.41, 5.74) is 0.103. The summed E-state index contributed by atoms with van der Waals surface area (Å²) in [6, 6.07) is 5.37. The van der Waals surface area contributed by atoms with Crippen LogP contribution in [-0.4, -0.2) is 42.2 Å². The highest BCUT2D eigenvalue weighted by Gasteiger charge is 2.16. The lowest BCUT2D eigenvalue weighted by molar-refractivity contribution is 0.199. The maximum atomic E-state index is 11.7. The SMILES string of the molecule is CCCN(CCn1ccccc1=O)CC1CCNCC1. The molecule has 1 N–H and O–H groups in total. The van der Waals surface area contributed by atoms with E-state index in [0.717, 1.165) is 38.6 Å². The summed E-state index contributed by atoms with van der Waals surface area (Å²) in [4.78, 5) is 14.2. The van der Waals surface area contributed by atoms with Crippen LogP contribution >= 0.6 is 0 Å². The van der Waals surface area contributed by atoms with Crippen LogP contribution < -0.4 is 10.9 Å². The fourth-order valence-electron chi connectivity index (χ4n) is 2.93. The number of nitrogens with one attached hydrogen (secondary N) is 1. The van der Waals surface area contributed by atoms with Crippen molar-refractivity contribution in [2.75, 3.05) is 32.7 Å². The molecule has 0 unspecified atom stereocenters. The average molecular weight is 277 g/mol. The second kappa shape index (κ2) is 8.22. The van der Waals surface area contributed by atoms with Gasteiger partial charge in [0.2, 0.25) is 0 Å². The summed E-state index contributed by atoms with van der Waals surface area (Å²) >= 11 is 0. The average Bonchev–Trinajstić information content (AvgIpc) is 2.47. The summed E-state index contributed by atoms with van der Waals surface area (Å²) in [5, 5.41) is 3.42. The van der Waals surface area contributed by atoms with Crippen LogP contribution in [-0.2, 0) is 6.54 Å². The normalized spacial score (nSPS) is 16.7. The Morgan fingerprint density at radius 1 is 1.30 bits per heavy atom. The van der Waals surface area contributed by atoms with Crippen LogP contribution in [0.5, 0.6) is 0 Å². The second-order valence-corrected chi connectivity index (χ2v) is 5.73. The first-order valence-electron chi connectivity index (χ1n) is 7.88. The van der Waals surface area contributed by atoms with E-state index in [0.29, 0.717) is 0 Å². The van der Waals surface area contributed by atoms with E-state index >= 15 is 0 Å². The van der Waals surface area contributed by atoms with E-state index in [1.807, 2.05) is 16.8 Å². The number of nitrogens with zero attached hydrogens (tertiary/aromatic N) is 2. The smallest absolute Gasteiger partial charge is 0.250 e. The minimum absolute atomic E-state index is 0.103. The summed E-state index contributed by atoms with van der Waals surface area (Å²) in [6.45, 7) is 8.62. The summed E-state index contributed by atoms with van der Waals surface area (Å²) < 4.78 is 1.81. The molecule has 0 radical (unpaired) electrons. The number of piperidine rings is 1. The third kappa shape index (κ3) is 4.76. The van der Waals surface area contributed by atoms with Gasteiger partial charge in [0, 0.05) is 31.9 Å². The van der Waals surface area contributed by atoms with E-state index < -0.39 is 0 Å². The Labute approximate surface area is 121 Å². The van der Waals surface area contributed by atoms with Gasteiger partial charge in [-0.3, -0.25) is 4.79 Å². The van der Waals surface area contributed by atoms with Crippen molar-refractivity contribution in [3.05, 3.63) is 34.7 Å². The topological polar surface area (TPSA) is 37.3 Å². The zero-order valence-corrected chi connectivity index (χ0v) is 12.6. The molecule has 2 heterocycles. The van der Waals surface area contributed by atoms with Gasteiger partial charge in [-0.1, -0.05) is 13.0 Å². The molecule has 1 aromatic heterocycles. The number of hydrogen-bond acceptors (Lipinski definition) is 3. The minimum Gasteiger partial charge on any atom is -0.317 e. The molecule has 2 rings (SSSR count). The third-order valence-electron chi connectivity index (χ3n) is 4.07. The van der Waals surface area contributed by atoms with Gasteiger partial charge in [-0.25, -0.2) is 0 Å². The highest BCUT2D eigenvalue weighted by atomic mass is 16.1. The summed E-state index contributed by atoms with van der Waals surface area (Å²) in [6.07, 6.45) is 5.63. The Morgan fingerprint density at radius 3 is 2.80 bits per heavy atom. The first kappa shape index (κ1) is 15.3. The highest BCUT2D eigenvalue weighted by molar-refractivity contribution is 4.93. The molecule has 1 aliphatic rings. The maximum Gasteiger partial charge on any atom is 0.250 e. The standard InChI is InChI=1S/C16H27N3O/c1-2-10-18(14-15-6-8-17-9-7-15)12-13-19-11-4-3-5-16(19)20/h3-5,11,15,17H,2,6-10,12-14H2,1H3. The summed E-state index contributed by atoms with van der Waals surface area (Å²) in [7, 11) is 0. The van der Waals surface area contributed by atoms with Crippen LogP contribution in [0.25, 0.3) is 0 Å². The molecule has 0 spiro atoms. The van der Waals surface area contributed by atoms with Gasteiger partial charge in [-0.15, -0.1) is 0 Å². The Balaban J connectivity index is 1.85. The van der Waals surface area contributed by atoms with E-state index in [4.69, 9.17) is 0 Å². The molecule has 20 heavy (non-hydrogen) atoms. The fraction of sp³-hybridized carbons (Fsp3) is 0.688. The molecule has 0 aliphatic carbocycles. The van der Waals surface area contributed by atoms with E-state index in [1.54, 1.807) is 12.1 Å². The second-order valence-electron chi connectivity index (χ2n) is 5.73. The Morgan fingerprint density at radius 2 is 2.10 bits per heavy atom. The van der Waals surface area contributed by atoms with Gasteiger partial charge in [-0.2, -0.15) is 0 Å². The van der Waals surface area contributed by atoms with Crippen molar-refractivity contribution in [2.24, 2.45) is 5.92 Å². The first-order chi connectivity index (χ1) is 9.79. The molecular weight excluding hydrogens is 250 g/mol. The number of pyridine rings is 1. The highest BCUT2D eigenvalue weighted by Crippen LogP contribution is 2.13. The molecular formula is C16H27N3O. The fourth-order valence-corrected chi connectivity index (χ4v) is 2.93. The predicted octanol–water partition coefficient (Wildman–Crippen LogP) is 1.56. The molecule has 4 heteroatoms. The Hall–Kier alpha value is -1.13. The predicted molar refractivity (Wildman–Crippen MR) is 83.0 cm³/mol. The van der Waals surface area contributed by atoms with Crippen LogP contribution in [0.3, 0.4) is 0 Å². The summed E-state index contributed by atoms with van der Waals surface area (Å²) in [5.74, 6) is 0.815. The molecule has 0 amide bonds. The van der Waals surface area contributed by atoms with E-state index in [9.17, 15) is 4.79 Å². The lowest BCUT2D eigenvalue weighted by atomic mass is 9.97. The van der Waals surface area contributed by atoms with E-state index in [2.05, 4.69) is 17.1 Å². The number of rotatable bonds is 7. The first-order valence-corrected chi connectivity index (χ1v) is 7.88. The van der Waals surface area contributed by atoms with Gasteiger partial charge in [0.25, 0.3) is 5.56 Å². The van der Waals surface area contributed by atoms with Gasteiger partial charge < -0.3 is 14.8 Å². The molecule has 0 atom stereocenters. The van der Waals surface area contributed by atoms with Crippen molar-refractivity contribution in [1.29, 1.82) is 0 Å². The van der Waals surface area contributed by atoms with Crippen molar-refractivity contribution in [1.82, 2.24) is 14.8 Å². The Kier molecular flexibility index (Phi) is 6.27. The van der Waals surface area contributed by atoms with Gasteiger partial charge in [0.15, 0.2) is 0 Å². The minimum atomic E-state index is 0.103. The number of aromatic nitrogens is 1. The van der Waals surface area contributed by atoms with Crippen molar-refractivity contribution >= 4 is 0 Å².